The Hall–Kier alpha value is -1.99. The molecule has 8 heteroatoms. The molecule has 2 aromatic rings. The molecule has 1 unspecified atom stereocenters. The van der Waals surface area contributed by atoms with Crippen molar-refractivity contribution in [1.82, 2.24) is 30.8 Å². The number of benzene rings is 1. The maximum Gasteiger partial charge on any atom is 0.253 e. The zero-order chi connectivity index (χ0) is 13.1. The van der Waals surface area contributed by atoms with Gasteiger partial charge in [0.2, 0.25) is 0 Å². The third kappa shape index (κ3) is 2.94. The summed E-state index contributed by atoms with van der Waals surface area (Å²) in [5.41, 5.74) is 1.25. The Bertz CT molecular complexity index is 567. The molecule has 20 heavy (non-hydrogen) atoms. The summed E-state index contributed by atoms with van der Waals surface area (Å²) in [5.74, 6) is -0.0974. The van der Waals surface area contributed by atoms with Crippen molar-refractivity contribution in [3.05, 3.63) is 36.2 Å². The normalized spacial score (nSPS) is 17.5. The molecule has 3 rings (SSSR count). The molecule has 2 heterocycles. The van der Waals surface area contributed by atoms with Gasteiger partial charge in [0.1, 0.15) is 6.33 Å². The molecule has 106 valence electrons. The number of carbonyl (C=O) groups excluding carboxylic acids is 1. The van der Waals surface area contributed by atoms with Gasteiger partial charge in [0.15, 0.2) is 0 Å². The number of hydrogen-bond donors (Lipinski definition) is 2. The van der Waals surface area contributed by atoms with Crippen LogP contribution in [0.1, 0.15) is 16.8 Å². The van der Waals surface area contributed by atoms with E-state index in [1.54, 1.807) is 6.07 Å². The SMILES string of the molecule is Cl.O=C(NC1CCNC1)c1ccccc1-n1cnnn1. The van der Waals surface area contributed by atoms with Crippen LogP contribution < -0.4 is 10.6 Å². The third-order valence-electron chi connectivity index (χ3n) is 3.14. The molecule has 1 aliphatic rings. The minimum absolute atomic E-state index is 0. The van der Waals surface area contributed by atoms with Crippen molar-refractivity contribution in [3.8, 4) is 5.69 Å². The van der Waals surface area contributed by atoms with E-state index in [1.807, 2.05) is 18.2 Å². The fraction of sp³-hybridized carbons (Fsp3) is 0.333. The average Bonchev–Trinajstić information content (AvgIpc) is 3.11. The Morgan fingerprint density at radius 3 is 2.95 bits per heavy atom. The fourth-order valence-corrected chi connectivity index (χ4v) is 2.18. The second-order valence-electron chi connectivity index (χ2n) is 4.43. The van der Waals surface area contributed by atoms with E-state index in [2.05, 4.69) is 26.2 Å². The summed E-state index contributed by atoms with van der Waals surface area (Å²) in [4.78, 5) is 12.3. The van der Waals surface area contributed by atoms with E-state index in [-0.39, 0.29) is 24.4 Å². The number of aromatic nitrogens is 4. The van der Waals surface area contributed by atoms with Crippen LogP contribution >= 0.6 is 12.4 Å². The van der Waals surface area contributed by atoms with Crippen LogP contribution in [-0.2, 0) is 0 Å². The number of amides is 1. The van der Waals surface area contributed by atoms with E-state index in [4.69, 9.17) is 0 Å². The Morgan fingerprint density at radius 2 is 2.25 bits per heavy atom. The first kappa shape index (κ1) is 14.4. The van der Waals surface area contributed by atoms with Crippen LogP contribution in [0, 0.1) is 0 Å². The van der Waals surface area contributed by atoms with Crippen molar-refractivity contribution in [2.24, 2.45) is 0 Å². The highest BCUT2D eigenvalue weighted by Crippen LogP contribution is 2.13. The predicted molar refractivity (Wildman–Crippen MR) is 75.1 cm³/mol. The van der Waals surface area contributed by atoms with Crippen LogP contribution in [0.15, 0.2) is 30.6 Å². The Kier molecular flexibility index (Phi) is 4.65. The maximum absolute atomic E-state index is 12.3. The highest BCUT2D eigenvalue weighted by molar-refractivity contribution is 5.97. The lowest BCUT2D eigenvalue weighted by Gasteiger charge is -2.13. The highest BCUT2D eigenvalue weighted by Gasteiger charge is 2.19. The van der Waals surface area contributed by atoms with Crippen molar-refractivity contribution in [2.45, 2.75) is 12.5 Å². The molecular formula is C12H15ClN6O. The lowest BCUT2D eigenvalue weighted by molar-refractivity contribution is 0.0940. The van der Waals surface area contributed by atoms with Crippen LogP contribution in [0.4, 0.5) is 0 Å². The molecule has 0 aliphatic carbocycles. The molecule has 0 bridgehead atoms. The first-order chi connectivity index (χ1) is 9.34. The van der Waals surface area contributed by atoms with Gasteiger partial charge in [0.25, 0.3) is 5.91 Å². The molecule has 2 N–H and O–H groups in total. The van der Waals surface area contributed by atoms with Crippen LogP contribution in [-0.4, -0.2) is 45.2 Å². The molecule has 1 atom stereocenters. The third-order valence-corrected chi connectivity index (χ3v) is 3.14. The largest absolute Gasteiger partial charge is 0.348 e. The first-order valence-corrected chi connectivity index (χ1v) is 6.18. The lowest BCUT2D eigenvalue weighted by Crippen LogP contribution is -2.36. The van der Waals surface area contributed by atoms with Gasteiger partial charge in [-0.2, -0.15) is 4.68 Å². The molecule has 1 amide bonds. The predicted octanol–water partition coefficient (Wildman–Crippen LogP) is 0.176. The van der Waals surface area contributed by atoms with Crippen molar-refractivity contribution >= 4 is 18.3 Å². The summed E-state index contributed by atoms with van der Waals surface area (Å²) in [6.45, 7) is 1.76. The summed E-state index contributed by atoms with van der Waals surface area (Å²) in [6, 6.07) is 7.46. The molecule has 1 aromatic heterocycles. The maximum atomic E-state index is 12.3. The van der Waals surface area contributed by atoms with Gasteiger partial charge >= 0.3 is 0 Å². The Morgan fingerprint density at radius 1 is 1.40 bits per heavy atom. The van der Waals surface area contributed by atoms with Gasteiger partial charge in [-0.3, -0.25) is 4.79 Å². The van der Waals surface area contributed by atoms with Gasteiger partial charge < -0.3 is 10.6 Å². The van der Waals surface area contributed by atoms with E-state index >= 15 is 0 Å². The molecule has 1 aromatic carbocycles. The summed E-state index contributed by atoms with van der Waals surface area (Å²) in [5, 5.41) is 17.2. The highest BCUT2D eigenvalue weighted by atomic mass is 35.5. The molecule has 1 saturated heterocycles. The Labute approximate surface area is 122 Å². The smallest absolute Gasteiger partial charge is 0.253 e. The fourth-order valence-electron chi connectivity index (χ4n) is 2.18. The van der Waals surface area contributed by atoms with E-state index < -0.39 is 0 Å². The number of nitrogens with one attached hydrogen (secondary N) is 2. The van der Waals surface area contributed by atoms with Gasteiger partial charge in [-0.1, -0.05) is 12.1 Å². The standard InChI is InChI=1S/C12H14N6O.ClH/c19-12(15-9-5-6-13-7-9)10-3-1-2-4-11(10)18-8-14-16-17-18;/h1-4,8-9,13H,5-7H2,(H,15,19);1H. The van der Waals surface area contributed by atoms with Gasteiger partial charge in [-0.25, -0.2) is 0 Å². The molecule has 1 fully saturated rings. The van der Waals surface area contributed by atoms with E-state index in [1.165, 1.54) is 11.0 Å². The number of tetrazole rings is 1. The second kappa shape index (κ2) is 6.44. The van der Waals surface area contributed by atoms with Gasteiger partial charge in [0.05, 0.1) is 11.3 Å². The summed E-state index contributed by atoms with van der Waals surface area (Å²) in [7, 11) is 0. The van der Waals surface area contributed by atoms with Crippen LogP contribution in [0.2, 0.25) is 0 Å². The van der Waals surface area contributed by atoms with E-state index in [0.717, 1.165) is 19.5 Å². The van der Waals surface area contributed by atoms with E-state index in [9.17, 15) is 4.79 Å². The number of rotatable bonds is 3. The van der Waals surface area contributed by atoms with Crippen molar-refractivity contribution in [3.63, 3.8) is 0 Å². The zero-order valence-corrected chi connectivity index (χ0v) is 11.5. The first-order valence-electron chi connectivity index (χ1n) is 6.18. The van der Waals surface area contributed by atoms with E-state index in [0.29, 0.717) is 11.3 Å². The average molecular weight is 295 g/mol. The van der Waals surface area contributed by atoms with Crippen LogP contribution in [0.5, 0.6) is 0 Å². The lowest BCUT2D eigenvalue weighted by atomic mass is 10.1. The number of para-hydroxylation sites is 1. The molecule has 7 nitrogen and oxygen atoms in total. The van der Waals surface area contributed by atoms with Crippen molar-refractivity contribution in [1.29, 1.82) is 0 Å². The molecule has 0 radical (unpaired) electrons. The number of halogens is 1. The molecule has 0 saturated carbocycles. The van der Waals surface area contributed by atoms with Crippen molar-refractivity contribution in [2.75, 3.05) is 13.1 Å². The molecular weight excluding hydrogens is 280 g/mol. The van der Waals surface area contributed by atoms with Crippen LogP contribution in [0.3, 0.4) is 0 Å². The monoisotopic (exact) mass is 294 g/mol. The topological polar surface area (TPSA) is 84.7 Å². The van der Waals surface area contributed by atoms with Gasteiger partial charge in [-0.15, -0.1) is 17.5 Å². The van der Waals surface area contributed by atoms with Crippen LogP contribution in [0.25, 0.3) is 5.69 Å². The quantitative estimate of drug-likeness (QED) is 0.843. The van der Waals surface area contributed by atoms with Gasteiger partial charge in [-0.05, 0) is 35.5 Å². The zero-order valence-electron chi connectivity index (χ0n) is 10.7. The number of hydrogen-bond acceptors (Lipinski definition) is 5. The molecule has 1 aliphatic heterocycles. The molecule has 0 spiro atoms. The Balaban J connectivity index is 0.00000147. The summed E-state index contributed by atoms with van der Waals surface area (Å²) < 4.78 is 1.49. The van der Waals surface area contributed by atoms with Crippen molar-refractivity contribution < 1.29 is 4.79 Å². The number of carbonyl (C=O) groups is 1. The van der Waals surface area contributed by atoms with Gasteiger partial charge in [0, 0.05) is 12.6 Å². The minimum Gasteiger partial charge on any atom is -0.348 e. The minimum atomic E-state index is -0.0974. The number of nitrogens with zero attached hydrogens (tertiary/aromatic N) is 4. The summed E-state index contributed by atoms with van der Waals surface area (Å²) >= 11 is 0. The second-order valence-corrected chi connectivity index (χ2v) is 4.43. The summed E-state index contributed by atoms with van der Waals surface area (Å²) in [6.07, 6.45) is 2.43.